The van der Waals surface area contributed by atoms with E-state index in [1.54, 1.807) is 0 Å². The SMILES string of the molecule is CC(C)(C)C(C)(C)c1ccccc1Br.O=CO. The third kappa shape index (κ3) is 4.15. The Hall–Kier alpha value is -0.830. The molecule has 0 atom stereocenters. The van der Waals surface area contributed by atoms with Crippen molar-refractivity contribution in [1.82, 2.24) is 0 Å². The van der Waals surface area contributed by atoms with Crippen LogP contribution in [0.1, 0.15) is 40.2 Å². The molecular weight excluding hydrogens is 280 g/mol. The molecule has 2 nitrogen and oxygen atoms in total. The first kappa shape index (κ1) is 16.2. The molecule has 0 bridgehead atoms. The van der Waals surface area contributed by atoms with Crippen molar-refractivity contribution in [2.75, 3.05) is 0 Å². The minimum atomic E-state index is -0.250. The predicted octanol–water partition coefficient (Wildman–Crippen LogP) is 4.47. The first-order valence-electron chi connectivity index (χ1n) is 5.51. The van der Waals surface area contributed by atoms with Crippen LogP contribution in [-0.4, -0.2) is 11.6 Å². The van der Waals surface area contributed by atoms with Gasteiger partial charge in [0.25, 0.3) is 6.47 Å². The molecule has 3 heteroatoms. The van der Waals surface area contributed by atoms with Crippen LogP contribution in [0.3, 0.4) is 0 Å². The Bertz CT molecular complexity index is 365. The number of rotatable bonds is 1. The van der Waals surface area contributed by atoms with Crippen molar-refractivity contribution in [2.45, 2.75) is 40.0 Å². The number of hydrogen-bond donors (Lipinski definition) is 1. The summed E-state index contributed by atoms with van der Waals surface area (Å²) in [4.78, 5) is 8.36. The number of carbonyl (C=O) groups is 1. The quantitative estimate of drug-likeness (QED) is 0.777. The molecular formula is C14H21BrO2. The molecule has 0 saturated carbocycles. The van der Waals surface area contributed by atoms with Gasteiger partial charge in [-0.2, -0.15) is 0 Å². The Morgan fingerprint density at radius 3 is 1.88 bits per heavy atom. The zero-order valence-electron chi connectivity index (χ0n) is 11.1. The van der Waals surface area contributed by atoms with Crippen molar-refractivity contribution in [3.63, 3.8) is 0 Å². The average molecular weight is 301 g/mol. The molecule has 1 aromatic carbocycles. The largest absolute Gasteiger partial charge is 0.483 e. The van der Waals surface area contributed by atoms with Crippen LogP contribution in [0.15, 0.2) is 28.7 Å². The third-order valence-electron chi connectivity index (χ3n) is 3.42. The van der Waals surface area contributed by atoms with E-state index < -0.39 is 0 Å². The van der Waals surface area contributed by atoms with Crippen LogP contribution in [0.25, 0.3) is 0 Å². The minimum absolute atomic E-state index is 0.174. The van der Waals surface area contributed by atoms with E-state index in [-0.39, 0.29) is 17.3 Å². The lowest BCUT2D eigenvalue weighted by atomic mass is 9.65. The fourth-order valence-corrected chi connectivity index (χ4v) is 2.15. The maximum Gasteiger partial charge on any atom is 0.290 e. The van der Waals surface area contributed by atoms with Crippen LogP contribution in [0.5, 0.6) is 0 Å². The topological polar surface area (TPSA) is 37.3 Å². The van der Waals surface area contributed by atoms with E-state index in [2.05, 4.69) is 74.8 Å². The van der Waals surface area contributed by atoms with Gasteiger partial charge in [-0.15, -0.1) is 0 Å². The second-order valence-corrected chi connectivity index (χ2v) is 6.31. The first-order chi connectivity index (χ1) is 7.68. The molecule has 1 N–H and O–H groups in total. The summed E-state index contributed by atoms with van der Waals surface area (Å²) in [7, 11) is 0. The van der Waals surface area contributed by atoms with Crippen molar-refractivity contribution >= 4 is 22.4 Å². The molecule has 0 fully saturated rings. The highest BCUT2D eigenvalue weighted by Crippen LogP contribution is 2.43. The second kappa shape index (κ2) is 6.20. The lowest BCUT2D eigenvalue weighted by Crippen LogP contribution is -2.34. The summed E-state index contributed by atoms with van der Waals surface area (Å²) in [5.74, 6) is 0. The molecule has 96 valence electrons. The molecule has 0 saturated heterocycles. The molecule has 1 aromatic rings. The van der Waals surface area contributed by atoms with Gasteiger partial charge >= 0.3 is 0 Å². The van der Waals surface area contributed by atoms with Crippen LogP contribution in [0, 0.1) is 5.41 Å². The summed E-state index contributed by atoms with van der Waals surface area (Å²) in [6, 6.07) is 8.48. The van der Waals surface area contributed by atoms with E-state index in [1.165, 1.54) is 10.0 Å². The molecule has 0 aromatic heterocycles. The van der Waals surface area contributed by atoms with Crippen molar-refractivity contribution in [3.05, 3.63) is 34.3 Å². The number of hydrogen-bond acceptors (Lipinski definition) is 1. The molecule has 0 amide bonds. The number of carboxylic acid groups (broad SMARTS) is 1. The Balaban J connectivity index is 0.000000770. The lowest BCUT2D eigenvalue weighted by molar-refractivity contribution is -0.122. The fourth-order valence-electron chi connectivity index (χ4n) is 1.37. The van der Waals surface area contributed by atoms with Gasteiger partial charge in [-0.3, -0.25) is 4.79 Å². The summed E-state index contributed by atoms with van der Waals surface area (Å²) in [6.07, 6.45) is 0. The third-order valence-corrected chi connectivity index (χ3v) is 4.11. The molecule has 0 radical (unpaired) electrons. The lowest BCUT2D eigenvalue weighted by Gasteiger charge is -2.40. The maximum absolute atomic E-state index is 8.36. The van der Waals surface area contributed by atoms with Gasteiger partial charge in [0.2, 0.25) is 0 Å². The molecule has 0 aliphatic heterocycles. The Labute approximate surface area is 112 Å². The van der Waals surface area contributed by atoms with Crippen LogP contribution >= 0.6 is 15.9 Å². The van der Waals surface area contributed by atoms with Gasteiger partial charge in [0, 0.05) is 4.47 Å². The molecule has 0 spiro atoms. The number of benzene rings is 1. The van der Waals surface area contributed by atoms with Gasteiger partial charge in [-0.25, -0.2) is 0 Å². The predicted molar refractivity (Wildman–Crippen MR) is 75.3 cm³/mol. The Morgan fingerprint density at radius 2 is 1.53 bits per heavy atom. The van der Waals surface area contributed by atoms with E-state index in [1.807, 2.05) is 0 Å². The van der Waals surface area contributed by atoms with Gasteiger partial charge < -0.3 is 5.11 Å². The molecule has 0 aliphatic carbocycles. The molecule has 0 unspecified atom stereocenters. The summed E-state index contributed by atoms with van der Waals surface area (Å²) >= 11 is 3.62. The zero-order valence-corrected chi connectivity index (χ0v) is 12.7. The van der Waals surface area contributed by atoms with E-state index in [4.69, 9.17) is 9.90 Å². The molecule has 0 aliphatic rings. The maximum atomic E-state index is 8.36. The number of halogens is 1. The monoisotopic (exact) mass is 300 g/mol. The highest BCUT2D eigenvalue weighted by atomic mass is 79.9. The Morgan fingerprint density at radius 1 is 1.12 bits per heavy atom. The van der Waals surface area contributed by atoms with E-state index in [0.29, 0.717) is 0 Å². The summed E-state index contributed by atoms with van der Waals surface area (Å²) in [5.41, 5.74) is 1.82. The van der Waals surface area contributed by atoms with Crippen molar-refractivity contribution in [1.29, 1.82) is 0 Å². The highest BCUT2D eigenvalue weighted by Gasteiger charge is 2.35. The normalized spacial score (nSPS) is 11.4. The van der Waals surface area contributed by atoms with Gasteiger partial charge in [-0.1, -0.05) is 68.7 Å². The highest BCUT2D eigenvalue weighted by molar-refractivity contribution is 9.10. The zero-order chi connectivity index (χ0) is 13.7. The van der Waals surface area contributed by atoms with E-state index in [9.17, 15) is 0 Å². The molecule has 17 heavy (non-hydrogen) atoms. The molecule has 0 heterocycles. The summed E-state index contributed by atoms with van der Waals surface area (Å²) < 4.78 is 1.21. The van der Waals surface area contributed by atoms with Crippen molar-refractivity contribution in [3.8, 4) is 0 Å². The summed E-state index contributed by atoms with van der Waals surface area (Å²) in [6.45, 7) is 11.2. The summed E-state index contributed by atoms with van der Waals surface area (Å²) in [5, 5.41) is 6.89. The van der Waals surface area contributed by atoms with Crippen LogP contribution in [-0.2, 0) is 10.2 Å². The minimum Gasteiger partial charge on any atom is -0.483 e. The standard InChI is InChI=1S/C13H19Br.CH2O2/c1-12(2,3)13(4,5)10-8-6-7-9-11(10)14;2-1-3/h6-9H,1-5H3;1H,(H,2,3). The van der Waals surface area contributed by atoms with E-state index >= 15 is 0 Å². The van der Waals surface area contributed by atoms with Crippen LogP contribution in [0.2, 0.25) is 0 Å². The smallest absolute Gasteiger partial charge is 0.290 e. The fraction of sp³-hybridized carbons (Fsp3) is 0.500. The van der Waals surface area contributed by atoms with E-state index in [0.717, 1.165) is 0 Å². The molecule has 1 rings (SSSR count). The van der Waals surface area contributed by atoms with Gasteiger partial charge in [0.1, 0.15) is 0 Å². The van der Waals surface area contributed by atoms with Gasteiger partial charge in [0.15, 0.2) is 0 Å². The first-order valence-corrected chi connectivity index (χ1v) is 6.30. The van der Waals surface area contributed by atoms with Gasteiger partial charge in [0.05, 0.1) is 0 Å². The van der Waals surface area contributed by atoms with Crippen LogP contribution < -0.4 is 0 Å². The van der Waals surface area contributed by atoms with Crippen molar-refractivity contribution < 1.29 is 9.90 Å². The second-order valence-electron chi connectivity index (χ2n) is 5.46. The Kier molecular flexibility index (Phi) is 5.89. The van der Waals surface area contributed by atoms with Gasteiger partial charge in [-0.05, 0) is 22.5 Å². The average Bonchev–Trinajstić information content (AvgIpc) is 2.17. The van der Waals surface area contributed by atoms with Crippen molar-refractivity contribution in [2.24, 2.45) is 5.41 Å². The van der Waals surface area contributed by atoms with Crippen LogP contribution in [0.4, 0.5) is 0 Å².